The maximum Gasteiger partial charge on any atom is 0.410 e. The van der Waals surface area contributed by atoms with Crippen LogP contribution in [0.4, 0.5) is 25.4 Å². The quantitative estimate of drug-likeness (QED) is 0.721. The van der Waals surface area contributed by atoms with Crippen LogP contribution < -0.4 is 15.4 Å². The number of benzene rings is 1. The largest absolute Gasteiger partial charge is 0.489 e. The van der Waals surface area contributed by atoms with Crippen molar-refractivity contribution in [1.82, 2.24) is 9.88 Å². The molecule has 1 atom stereocenters. The molecular weight excluding hydrogens is 391 g/mol. The number of halogens is 1. The minimum Gasteiger partial charge on any atom is -0.489 e. The van der Waals surface area contributed by atoms with Crippen LogP contribution >= 0.6 is 0 Å². The molecule has 9 heteroatoms. The summed E-state index contributed by atoms with van der Waals surface area (Å²) in [5.74, 6) is -0.353. The summed E-state index contributed by atoms with van der Waals surface area (Å²) in [6.07, 6.45) is 2.15. The minimum absolute atomic E-state index is 0.219. The van der Waals surface area contributed by atoms with Gasteiger partial charge in [0.15, 0.2) is 0 Å². The van der Waals surface area contributed by atoms with Gasteiger partial charge in [0.05, 0.1) is 18.4 Å². The molecule has 0 bridgehead atoms. The molecule has 3 amide bonds. The van der Waals surface area contributed by atoms with Crippen LogP contribution in [-0.2, 0) is 4.74 Å². The molecule has 0 aliphatic heterocycles. The van der Waals surface area contributed by atoms with Crippen LogP contribution in [0.5, 0.6) is 5.75 Å². The number of anilines is 2. The third kappa shape index (κ3) is 7.94. The van der Waals surface area contributed by atoms with E-state index in [4.69, 9.17) is 9.47 Å². The lowest BCUT2D eigenvalue weighted by Gasteiger charge is -2.26. The van der Waals surface area contributed by atoms with Gasteiger partial charge in [0.1, 0.15) is 23.3 Å². The number of amides is 3. The Hall–Kier alpha value is -3.36. The van der Waals surface area contributed by atoms with Gasteiger partial charge in [0.25, 0.3) is 0 Å². The third-order valence-corrected chi connectivity index (χ3v) is 3.62. The van der Waals surface area contributed by atoms with E-state index in [1.807, 2.05) is 0 Å². The Kier molecular flexibility index (Phi) is 7.57. The smallest absolute Gasteiger partial charge is 0.410 e. The van der Waals surface area contributed by atoms with Gasteiger partial charge >= 0.3 is 12.1 Å². The summed E-state index contributed by atoms with van der Waals surface area (Å²) < 4.78 is 25.0. The number of hydrogen-bond acceptors (Lipinski definition) is 5. The highest BCUT2D eigenvalue weighted by atomic mass is 19.1. The maximum atomic E-state index is 14.0. The Bertz CT molecular complexity index is 871. The van der Waals surface area contributed by atoms with E-state index in [0.29, 0.717) is 5.69 Å². The van der Waals surface area contributed by atoms with Crippen LogP contribution in [0.25, 0.3) is 0 Å². The maximum absolute atomic E-state index is 14.0. The molecule has 1 aromatic heterocycles. The molecule has 8 nitrogen and oxygen atoms in total. The normalized spacial score (nSPS) is 11.9. The summed E-state index contributed by atoms with van der Waals surface area (Å²) in [5.41, 5.74) is 0.121. The second kappa shape index (κ2) is 9.91. The number of pyridine rings is 1. The van der Waals surface area contributed by atoms with Gasteiger partial charge in [-0.05, 0) is 45.9 Å². The first-order chi connectivity index (χ1) is 14.0. The van der Waals surface area contributed by atoms with Crippen LogP contribution in [0.2, 0.25) is 0 Å². The number of aromatic nitrogens is 1. The number of urea groups is 1. The molecule has 162 valence electrons. The summed E-state index contributed by atoms with van der Waals surface area (Å²) in [6.45, 7) is 7.32. The average Bonchev–Trinajstić information content (AvgIpc) is 2.60. The second-order valence-electron chi connectivity index (χ2n) is 7.79. The summed E-state index contributed by atoms with van der Waals surface area (Å²) in [6, 6.07) is 6.68. The Morgan fingerprint density at radius 2 is 1.90 bits per heavy atom. The van der Waals surface area contributed by atoms with Crippen LogP contribution in [-0.4, -0.2) is 47.3 Å². The first-order valence-electron chi connectivity index (χ1n) is 9.41. The van der Waals surface area contributed by atoms with E-state index in [-0.39, 0.29) is 18.0 Å². The highest BCUT2D eigenvalue weighted by molar-refractivity contribution is 5.99. The fourth-order valence-corrected chi connectivity index (χ4v) is 2.50. The van der Waals surface area contributed by atoms with E-state index in [2.05, 4.69) is 15.6 Å². The number of nitrogens with zero attached hydrogens (tertiary/aromatic N) is 2. The zero-order valence-corrected chi connectivity index (χ0v) is 17.7. The van der Waals surface area contributed by atoms with E-state index in [9.17, 15) is 14.0 Å². The van der Waals surface area contributed by atoms with Crippen molar-refractivity contribution in [3.8, 4) is 5.75 Å². The molecule has 0 saturated carbocycles. The van der Waals surface area contributed by atoms with Crippen molar-refractivity contribution < 1.29 is 23.5 Å². The SMILES string of the molecule is C[C@H](CN(C)C(=O)OC(C)(C)C)Oc1cc(F)cc(NC(=O)Nc2cccnc2)c1. The minimum atomic E-state index is -0.602. The lowest BCUT2D eigenvalue weighted by Crippen LogP contribution is -2.39. The predicted molar refractivity (Wildman–Crippen MR) is 112 cm³/mol. The molecule has 0 aliphatic carbocycles. The van der Waals surface area contributed by atoms with E-state index in [1.54, 1.807) is 53.1 Å². The zero-order chi connectivity index (χ0) is 22.3. The van der Waals surface area contributed by atoms with Gasteiger partial charge in [0, 0.05) is 31.1 Å². The summed E-state index contributed by atoms with van der Waals surface area (Å²) in [7, 11) is 1.59. The fraction of sp³-hybridized carbons (Fsp3) is 0.381. The topological polar surface area (TPSA) is 92.8 Å². The predicted octanol–water partition coefficient (Wildman–Crippen LogP) is 4.50. The zero-order valence-electron chi connectivity index (χ0n) is 17.7. The molecule has 2 rings (SSSR count). The van der Waals surface area contributed by atoms with Gasteiger partial charge in [-0.3, -0.25) is 4.98 Å². The van der Waals surface area contributed by atoms with Gasteiger partial charge in [0.2, 0.25) is 0 Å². The molecule has 0 spiro atoms. The molecule has 0 radical (unpaired) electrons. The number of rotatable bonds is 6. The van der Waals surface area contributed by atoms with E-state index in [0.717, 1.165) is 0 Å². The van der Waals surface area contributed by atoms with Crippen LogP contribution in [0.1, 0.15) is 27.7 Å². The first-order valence-corrected chi connectivity index (χ1v) is 9.41. The molecular formula is C21H27FN4O4. The van der Waals surface area contributed by atoms with E-state index >= 15 is 0 Å². The lowest BCUT2D eigenvalue weighted by atomic mass is 10.2. The molecule has 2 aromatic rings. The van der Waals surface area contributed by atoms with Gasteiger partial charge < -0.3 is 25.0 Å². The second-order valence-corrected chi connectivity index (χ2v) is 7.79. The number of likely N-dealkylation sites (N-methyl/N-ethyl adjacent to an activating group) is 1. The van der Waals surface area contributed by atoms with Crippen molar-refractivity contribution in [3.63, 3.8) is 0 Å². The third-order valence-electron chi connectivity index (χ3n) is 3.62. The molecule has 30 heavy (non-hydrogen) atoms. The highest BCUT2D eigenvalue weighted by Gasteiger charge is 2.21. The number of carbonyl (C=O) groups excluding carboxylic acids is 2. The van der Waals surface area contributed by atoms with E-state index in [1.165, 1.54) is 29.3 Å². The van der Waals surface area contributed by atoms with Crippen LogP contribution in [0, 0.1) is 5.82 Å². The monoisotopic (exact) mass is 418 g/mol. The molecule has 2 N–H and O–H groups in total. The van der Waals surface area contributed by atoms with Gasteiger partial charge in [-0.2, -0.15) is 0 Å². The average molecular weight is 418 g/mol. The van der Waals surface area contributed by atoms with Gasteiger partial charge in [-0.25, -0.2) is 14.0 Å². The molecule has 0 aliphatic rings. The summed E-state index contributed by atoms with van der Waals surface area (Å²) in [5, 5.41) is 5.14. The van der Waals surface area contributed by atoms with Crippen molar-refractivity contribution >= 4 is 23.5 Å². The Balaban J connectivity index is 1.95. The van der Waals surface area contributed by atoms with Crippen molar-refractivity contribution in [3.05, 3.63) is 48.5 Å². The highest BCUT2D eigenvalue weighted by Crippen LogP contribution is 2.22. The molecule has 0 unspecified atom stereocenters. The van der Waals surface area contributed by atoms with Crippen molar-refractivity contribution in [1.29, 1.82) is 0 Å². The molecule has 0 saturated heterocycles. The number of hydrogen-bond donors (Lipinski definition) is 2. The lowest BCUT2D eigenvalue weighted by molar-refractivity contribution is 0.0237. The summed E-state index contributed by atoms with van der Waals surface area (Å²) in [4.78, 5) is 29.4. The standard InChI is InChI=1S/C21H27FN4O4/c1-14(13-26(5)20(28)30-21(2,3)4)29-18-10-15(22)9-17(11-18)25-19(27)24-16-7-6-8-23-12-16/h6-12,14H,13H2,1-5H3,(H2,24,25,27)/t14-/m1/s1. The van der Waals surface area contributed by atoms with Crippen molar-refractivity contribution in [2.75, 3.05) is 24.2 Å². The van der Waals surface area contributed by atoms with Crippen LogP contribution in [0.15, 0.2) is 42.7 Å². The number of carbonyl (C=O) groups is 2. The Labute approximate surface area is 175 Å². The Morgan fingerprint density at radius 1 is 1.20 bits per heavy atom. The number of ether oxygens (including phenoxy) is 2. The Morgan fingerprint density at radius 3 is 2.53 bits per heavy atom. The van der Waals surface area contributed by atoms with Crippen molar-refractivity contribution in [2.24, 2.45) is 0 Å². The van der Waals surface area contributed by atoms with Crippen LogP contribution in [0.3, 0.4) is 0 Å². The van der Waals surface area contributed by atoms with E-state index < -0.39 is 29.6 Å². The molecule has 1 heterocycles. The number of nitrogens with one attached hydrogen (secondary N) is 2. The summed E-state index contributed by atoms with van der Waals surface area (Å²) >= 11 is 0. The van der Waals surface area contributed by atoms with Gasteiger partial charge in [-0.1, -0.05) is 0 Å². The molecule has 0 fully saturated rings. The molecule has 1 aromatic carbocycles. The van der Waals surface area contributed by atoms with Crippen molar-refractivity contribution in [2.45, 2.75) is 39.4 Å². The first kappa shape index (κ1) is 22.9. The fourth-order valence-electron chi connectivity index (χ4n) is 2.50. The van der Waals surface area contributed by atoms with Gasteiger partial charge in [-0.15, -0.1) is 0 Å².